The number of hydrogen-bond donors (Lipinski definition) is 1. The number of halogens is 1. The van der Waals surface area contributed by atoms with Gasteiger partial charge in [0.05, 0.1) is 10.8 Å². The Bertz CT molecular complexity index is 330. The molecule has 5 heteroatoms. The molecule has 1 N–H and O–H groups in total. The van der Waals surface area contributed by atoms with Crippen LogP contribution in [-0.4, -0.2) is 42.7 Å². The lowest BCUT2D eigenvalue weighted by Gasteiger charge is -2.29. The molecule has 17 heavy (non-hydrogen) atoms. The van der Waals surface area contributed by atoms with Crippen molar-refractivity contribution < 1.29 is 9.59 Å². The summed E-state index contributed by atoms with van der Waals surface area (Å²) < 4.78 is 0. The zero-order valence-electron chi connectivity index (χ0n) is 11.0. The first-order valence-electron chi connectivity index (χ1n) is 5.84. The van der Waals surface area contributed by atoms with Gasteiger partial charge in [-0.05, 0) is 27.2 Å². The van der Waals surface area contributed by atoms with Gasteiger partial charge in [-0.2, -0.15) is 0 Å². The number of hydrogen-bond acceptors (Lipinski definition) is 2. The third-order valence-electron chi connectivity index (χ3n) is 3.45. The number of rotatable bonds is 3. The maximum absolute atomic E-state index is 12.2. The van der Waals surface area contributed by atoms with Crippen LogP contribution in [0.15, 0.2) is 0 Å². The Balaban J connectivity index is 2.74. The standard InChI is InChI=1S/C12H21ClN2O2/c1-11(2,7-13)10(17)15-6-5-12(3,8-15)9(16)14-4/h5-8H2,1-4H3,(H,14,16). The summed E-state index contributed by atoms with van der Waals surface area (Å²) in [6, 6.07) is 0. The average molecular weight is 261 g/mol. The number of carbonyl (C=O) groups is 2. The number of likely N-dealkylation sites (tertiary alicyclic amines) is 1. The summed E-state index contributed by atoms with van der Waals surface area (Å²) in [4.78, 5) is 25.7. The molecule has 0 aromatic rings. The number of amides is 2. The van der Waals surface area contributed by atoms with E-state index in [1.165, 1.54) is 0 Å². The molecule has 0 saturated carbocycles. The van der Waals surface area contributed by atoms with E-state index in [9.17, 15) is 9.59 Å². The van der Waals surface area contributed by atoms with Gasteiger partial charge in [0.2, 0.25) is 11.8 Å². The van der Waals surface area contributed by atoms with Gasteiger partial charge >= 0.3 is 0 Å². The van der Waals surface area contributed by atoms with E-state index in [-0.39, 0.29) is 11.8 Å². The Hall–Kier alpha value is -0.770. The van der Waals surface area contributed by atoms with Crippen molar-refractivity contribution in [3.63, 3.8) is 0 Å². The van der Waals surface area contributed by atoms with E-state index in [1.807, 2.05) is 20.8 Å². The van der Waals surface area contributed by atoms with Gasteiger partial charge in [0.1, 0.15) is 0 Å². The molecule has 0 bridgehead atoms. The van der Waals surface area contributed by atoms with E-state index >= 15 is 0 Å². The molecule has 1 unspecified atom stereocenters. The highest BCUT2D eigenvalue weighted by Crippen LogP contribution is 2.33. The lowest BCUT2D eigenvalue weighted by atomic mass is 9.88. The summed E-state index contributed by atoms with van der Waals surface area (Å²) in [5.41, 5.74) is -1.03. The van der Waals surface area contributed by atoms with E-state index in [0.29, 0.717) is 25.4 Å². The molecule has 0 spiro atoms. The van der Waals surface area contributed by atoms with E-state index in [0.717, 1.165) is 0 Å². The largest absolute Gasteiger partial charge is 0.359 e. The molecular weight excluding hydrogens is 240 g/mol. The molecule has 0 aliphatic carbocycles. The Labute approximate surface area is 108 Å². The minimum Gasteiger partial charge on any atom is -0.359 e. The fraction of sp³-hybridized carbons (Fsp3) is 0.833. The van der Waals surface area contributed by atoms with Gasteiger partial charge in [-0.3, -0.25) is 9.59 Å². The first kappa shape index (κ1) is 14.3. The van der Waals surface area contributed by atoms with Crippen molar-refractivity contribution in [2.75, 3.05) is 26.0 Å². The van der Waals surface area contributed by atoms with Gasteiger partial charge in [-0.1, -0.05) is 0 Å². The fourth-order valence-corrected chi connectivity index (χ4v) is 2.22. The quantitative estimate of drug-likeness (QED) is 0.776. The van der Waals surface area contributed by atoms with Crippen molar-refractivity contribution in [3.05, 3.63) is 0 Å². The molecule has 4 nitrogen and oxygen atoms in total. The second-order valence-corrected chi connectivity index (χ2v) is 5.90. The fourth-order valence-electron chi connectivity index (χ4n) is 2.11. The van der Waals surface area contributed by atoms with Crippen LogP contribution in [0.4, 0.5) is 0 Å². The Kier molecular flexibility index (Phi) is 4.07. The molecule has 1 rings (SSSR count). The Morgan fingerprint density at radius 3 is 2.53 bits per heavy atom. The minimum absolute atomic E-state index is 0.00326. The molecule has 1 aliphatic rings. The summed E-state index contributed by atoms with van der Waals surface area (Å²) in [6.07, 6.45) is 0.705. The number of nitrogens with zero attached hydrogens (tertiary/aromatic N) is 1. The molecule has 0 aromatic carbocycles. The van der Waals surface area contributed by atoms with Crippen molar-refractivity contribution in [2.45, 2.75) is 27.2 Å². The van der Waals surface area contributed by atoms with E-state index in [4.69, 9.17) is 11.6 Å². The van der Waals surface area contributed by atoms with Crippen LogP contribution in [0.25, 0.3) is 0 Å². The zero-order chi connectivity index (χ0) is 13.3. The normalized spacial score (nSPS) is 24.9. The van der Waals surface area contributed by atoms with E-state index < -0.39 is 10.8 Å². The summed E-state index contributed by atoms with van der Waals surface area (Å²) in [5, 5.41) is 2.66. The summed E-state index contributed by atoms with van der Waals surface area (Å²) in [6.45, 7) is 6.66. The minimum atomic E-state index is -0.560. The SMILES string of the molecule is CNC(=O)C1(C)CCN(C(=O)C(C)(C)CCl)C1. The van der Waals surface area contributed by atoms with Gasteiger partial charge in [0.25, 0.3) is 0 Å². The lowest BCUT2D eigenvalue weighted by molar-refractivity contribution is -0.139. The maximum atomic E-state index is 12.2. The van der Waals surface area contributed by atoms with Gasteiger partial charge in [0.15, 0.2) is 0 Å². The maximum Gasteiger partial charge on any atom is 0.229 e. The lowest BCUT2D eigenvalue weighted by Crippen LogP contribution is -2.44. The predicted octanol–water partition coefficient (Wildman–Crippen LogP) is 1.24. The highest BCUT2D eigenvalue weighted by Gasteiger charge is 2.44. The summed E-state index contributed by atoms with van der Waals surface area (Å²) in [7, 11) is 1.63. The van der Waals surface area contributed by atoms with Crippen LogP contribution < -0.4 is 5.32 Å². The third kappa shape index (κ3) is 2.73. The van der Waals surface area contributed by atoms with Crippen LogP contribution in [0.1, 0.15) is 27.2 Å². The highest BCUT2D eigenvalue weighted by atomic mass is 35.5. The van der Waals surface area contributed by atoms with Crippen LogP contribution in [0.2, 0.25) is 0 Å². The van der Waals surface area contributed by atoms with Gasteiger partial charge in [-0.15, -0.1) is 11.6 Å². The van der Waals surface area contributed by atoms with Crippen LogP contribution in [0.5, 0.6) is 0 Å². The first-order chi connectivity index (χ1) is 7.77. The number of nitrogens with one attached hydrogen (secondary N) is 1. The molecule has 2 amide bonds. The molecule has 1 saturated heterocycles. The van der Waals surface area contributed by atoms with E-state index in [2.05, 4.69) is 5.32 Å². The molecule has 0 aromatic heterocycles. The Morgan fingerprint density at radius 2 is 2.06 bits per heavy atom. The van der Waals surface area contributed by atoms with Crippen LogP contribution in [0.3, 0.4) is 0 Å². The molecule has 1 atom stereocenters. The molecule has 1 aliphatic heterocycles. The topological polar surface area (TPSA) is 49.4 Å². The van der Waals surface area contributed by atoms with Gasteiger partial charge < -0.3 is 10.2 Å². The predicted molar refractivity (Wildman–Crippen MR) is 67.9 cm³/mol. The number of alkyl halides is 1. The van der Waals surface area contributed by atoms with Crippen molar-refractivity contribution in [1.29, 1.82) is 0 Å². The van der Waals surface area contributed by atoms with Crippen molar-refractivity contribution in [1.82, 2.24) is 10.2 Å². The average Bonchev–Trinajstić information content (AvgIpc) is 2.70. The van der Waals surface area contributed by atoms with Gasteiger partial charge in [0, 0.05) is 26.0 Å². The van der Waals surface area contributed by atoms with E-state index in [1.54, 1.807) is 11.9 Å². The second-order valence-electron chi connectivity index (χ2n) is 5.63. The van der Waals surface area contributed by atoms with Crippen LogP contribution in [-0.2, 0) is 9.59 Å². The Morgan fingerprint density at radius 1 is 1.47 bits per heavy atom. The number of carbonyl (C=O) groups excluding carboxylic acids is 2. The van der Waals surface area contributed by atoms with Gasteiger partial charge in [-0.25, -0.2) is 0 Å². The molecule has 0 radical (unpaired) electrons. The van der Waals surface area contributed by atoms with Crippen molar-refractivity contribution >= 4 is 23.4 Å². The molecule has 1 heterocycles. The van der Waals surface area contributed by atoms with Crippen molar-refractivity contribution in [3.8, 4) is 0 Å². The first-order valence-corrected chi connectivity index (χ1v) is 6.38. The highest BCUT2D eigenvalue weighted by molar-refractivity contribution is 6.19. The molecule has 1 fully saturated rings. The molecule has 98 valence electrons. The summed E-state index contributed by atoms with van der Waals surface area (Å²) >= 11 is 5.80. The van der Waals surface area contributed by atoms with Crippen LogP contribution >= 0.6 is 11.6 Å². The molecular formula is C12H21ClN2O2. The smallest absolute Gasteiger partial charge is 0.229 e. The second kappa shape index (κ2) is 4.84. The third-order valence-corrected chi connectivity index (χ3v) is 4.12. The summed E-state index contributed by atoms with van der Waals surface area (Å²) in [5.74, 6) is 0.315. The van der Waals surface area contributed by atoms with Crippen LogP contribution in [0, 0.1) is 10.8 Å². The monoisotopic (exact) mass is 260 g/mol. The van der Waals surface area contributed by atoms with Crippen molar-refractivity contribution in [2.24, 2.45) is 10.8 Å². The zero-order valence-corrected chi connectivity index (χ0v) is 11.7.